The van der Waals surface area contributed by atoms with E-state index in [1.54, 1.807) is 0 Å². The van der Waals surface area contributed by atoms with Gasteiger partial charge in [-0.3, -0.25) is 9.69 Å². The van der Waals surface area contributed by atoms with Crippen LogP contribution in [0.5, 0.6) is 0 Å². The molecule has 7 nitrogen and oxygen atoms in total. The molecule has 0 unspecified atom stereocenters. The lowest BCUT2D eigenvalue weighted by Crippen LogP contribution is -2.46. The van der Waals surface area contributed by atoms with E-state index < -0.39 is 5.54 Å². The number of aryl methyl sites for hydroxylation is 1. The van der Waals surface area contributed by atoms with Gasteiger partial charge in [-0.1, -0.05) is 45.2 Å². The molecule has 1 saturated heterocycles. The van der Waals surface area contributed by atoms with Crippen LogP contribution in [-0.4, -0.2) is 32.5 Å². The van der Waals surface area contributed by atoms with Gasteiger partial charge in [0, 0.05) is 6.42 Å². The molecule has 0 atom stereocenters. The summed E-state index contributed by atoms with van der Waals surface area (Å²) in [5.41, 5.74) is -0.772. The van der Waals surface area contributed by atoms with Crippen LogP contribution in [0, 0.1) is 0 Å². The summed E-state index contributed by atoms with van der Waals surface area (Å²) in [4.78, 5) is 30.5. The van der Waals surface area contributed by atoms with Crippen molar-refractivity contribution in [1.82, 2.24) is 20.4 Å². The van der Waals surface area contributed by atoms with Gasteiger partial charge in [0.1, 0.15) is 12.1 Å². The first-order valence-corrected chi connectivity index (χ1v) is 8.51. The highest BCUT2D eigenvalue weighted by atomic mass is 16.5. The first kappa shape index (κ1) is 17.4. The Morgan fingerprint density at radius 1 is 1.13 bits per heavy atom. The second-order valence-corrected chi connectivity index (χ2v) is 6.11. The van der Waals surface area contributed by atoms with Gasteiger partial charge in [0.25, 0.3) is 5.91 Å². The molecule has 7 heteroatoms. The topological polar surface area (TPSA) is 88.3 Å². The fraction of sp³-hybridized carbons (Fsp3) is 0.750. The number of imide groups is 1. The Labute approximate surface area is 136 Å². The highest BCUT2D eigenvalue weighted by Crippen LogP contribution is 2.28. The third-order valence-corrected chi connectivity index (χ3v) is 4.16. The number of aromatic nitrogens is 2. The zero-order valence-electron chi connectivity index (χ0n) is 14.2. The molecule has 1 fully saturated rings. The van der Waals surface area contributed by atoms with E-state index in [0.717, 1.165) is 32.1 Å². The summed E-state index contributed by atoms with van der Waals surface area (Å²) in [5.74, 6) is 0.755. The van der Waals surface area contributed by atoms with E-state index >= 15 is 0 Å². The van der Waals surface area contributed by atoms with Crippen molar-refractivity contribution in [1.29, 1.82) is 0 Å². The summed E-state index contributed by atoms with van der Waals surface area (Å²) in [7, 11) is 0. The quantitative estimate of drug-likeness (QED) is 0.706. The van der Waals surface area contributed by atoms with E-state index in [9.17, 15) is 9.59 Å². The van der Waals surface area contributed by atoms with E-state index in [1.807, 2.05) is 13.8 Å². The molecule has 1 aromatic heterocycles. The number of unbranched alkanes of at least 4 members (excludes halogenated alkanes) is 1. The number of amides is 3. The number of rotatable bonds is 9. The van der Waals surface area contributed by atoms with Crippen LogP contribution in [0.3, 0.4) is 0 Å². The highest BCUT2D eigenvalue weighted by Gasteiger charge is 2.50. The Balaban J connectivity index is 2.09. The van der Waals surface area contributed by atoms with Gasteiger partial charge in [-0.2, -0.15) is 4.98 Å². The molecule has 2 heterocycles. The van der Waals surface area contributed by atoms with Gasteiger partial charge < -0.3 is 9.84 Å². The molecule has 1 aliphatic heterocycles. The summed E-state index contributed by atoms with van der Waals surface area (Å²) in [5, 5.41) is 6.78. The van der Waals surface area contributed by atoms with Crippen LogP contribution in [0.1, 0.15) is 71.0 Å². The molecule has 128 valence electrons. The third-order valence-electron chi connectivity index (χ3n) is 4.16. The van der Waals surface area contributed by atoms with Gasteiger partial charge in [0.05, 0.1) is 0 Å². The van der Waals surface area contributed by atoms with E-state index in [0.29, 0.717) is 24.6 Å². The maximum atomic E-state index is 12.8. The van der Waals surface area contributed by atoms with Crippen molar-refractivity contribution in [3.63, 3.8) is 0 Å². The van der Waals surface area contributed by atoms with Crippen LogP contribution < -0.4 is 5.32 Å². The lowest BCUT2D eigenvalue weighted by molar-refractivity contribution is -0.132. The minimum Gasteiger partial charge on any atom is -0.337 e. The molecule has 1 aromatic rings. The SMILES string of the molecule is CCCCc1noc(CN2C(=O)NC(CCC)(CCC)C2=O)n1. The Morgan fingerprint density at radius 2 is 1.83 bits per heavy atom. The summed E-state index contributed by atoms with van der Waals surface area (Å²) in [6.45, 7) is 6.16. The lowest BCUT2D eigenvalue weighted by atomic mass is 9.88. The van der Waals surface area contributed by atoms with Gasteiger partial charge in [-0.25, -0.2) is 4.79 Å². The van der Waals surface area contributed by atoms with Crippen molar-refractivity contribution < 1.29 is 14.1 Å². The first-order valence-electron chi connectivity index (χ1n) is 8.51. The van der Waals surface area contributed by atoms with Gasteiger partial charge in [0.2, 0.25) is 5.89 Å². The van der Waals surface area contributed by atoms with Crippen LogP contribution in [0.15, 0.2) is 4.52 Å². The zero-order valence-corrected chi connectivity index (χ0v) is 14.2. The second kappa shape index (κ2) is 7.57. The molecule has 0 spiro atoms. The molecular formula is C16H26N4O3. The molecule has 0 saturated carbocycles. The van der Waals surface area contributed by atoms with E-state index in [-0.39, 0.29) is 18.5 Å². The van der Waals surface area contributed by atoms with Gasteiger partial charge >= 0.3 is 6.03 Å². The highest BCUT2D eigenvalue weighted by molar-refractivity contribution is 6.06. The van der Waals surface area contributed by atoms with E-state index in [2.05, 4.69) is 22.4 Å². The molecule has 0 bridgehead atoms. The normalized spacial score (nSPS) is 16.9. The van der Waals surface area contributed by atoms with Crippen LogP contribution in [0.2, 0.25) is 0 Å². The van der Waals surface area contributed by atoms with Crippen LogP contribution in [0.4, 0.5) is 4.79 Å². The van der Waals surface area contributed by atoms with Crippen molar-refractivity contribution in [3.8, 4) is 0 Å². The van der Waals surface area contributed by atoms with E-state index in [1.165, 1.54) is 4.90 Å². The molecule has 0 radical (unpaired) electrons. The maximum absolute atomic E-state index is 12.8. The predicted octanol–water partition coefficient (Wildman–Crippen LogP) is 2.80. The second-order valence-electron chi connectivity index (χ2n) is 6.11. The summed E-state index contributed by atoms with van der Waals surface area (Å²) < 4.78 is 5.17. The molecule has 1 N–H and O–H groups in total. The average molecular weight is 322 g/mol. The van der Waals surface area contributed by atoms with Crippen molar-refractivity contribution in [2.45, 2.75) is 77.8 Å². The van der Waals surface area contributed by atoms with Crippen LogP contribution >= 0.6 is 0 Å². The molecular weight excluding hydrogens is 296 g/mol. The number of carbonyl (C=O) groups excluding carboxylic acids is 2. The molecule has 0 aromatic carbocycles. The first-order chi connectivity index (χ1) is 11.1. The molecule has 23 heavy (non-hydrogen) atoms. The zero-order chi connectivity index (χ0) is 16.9. The predicted molar refractivity (Wildman–Crippen MR) is 84.5 cm³/mol. The summed E-state index contributed by atoms with van der Waals surface area (Å²) in [6, 6.07) is -0.370. The number of carbonyl (C=O) groups is 2. The monoisotopic (exact) mass is 322 g/mol. The molecule has 3 amide bonds. The lowest BCUT2D eigenvalue weighted by Gasteiger charge is -2.25. The number of hydrogen-bond donors (Lipinski definition) is 1. The Morgan fingerprint density at radius 3 is 2.43 bits per heavy atom. The minimum atomic E-state index is -0.772. The number of hydrogen-bond acceptors (Lipinski definition) is 5. The summed E-state index contributed by atoms with van der Waals surface area (Å²) in [6.07, 6.45) is 5.74. The Kier molecular flexibility index (Phi) is 5.74. The average Bonchev–Trinajstić information content (AvgIpc) is 3.05. The standard InChI is InChI=1S/C16H26N4O3/c1-4-7-8-12-17-13(23-19-12)11-20-14(21)16(9-5-2,10-6-3)18-15(20)22/h4-11H2,1-3H3,(H,18,22). The van der Waals surface area contributed by atoms with Crippen LogP contribution in [0.25, 0.3) is 0 Å². The van der Waals surface area contributed by atoms with Gasteiger partial charge in [-0.05, 0) is 19.3 Å². The van der Waals surface area contributed by atoms with Crippen molar-refractivity contribution in [2.24, 2.45) is 0 Å². The smallest absolute Gasteiger partial charge is 0.325 e. The van der Waals surface area contributed by atoms with Crippen molar-refractivity contribution in [3.05, 3.63) is 11.7 Å². The maximum Gasteiger partial charge on any atom is 0.325 e. The number of nitrogens with zero attached hydrogens (tertiary/aromatic N) is 3. The van der Waals surface area contributed by atoms with Gasteiger partial charge in [-0.15, -0.1) is 0 Å². The fourth-order valence-electron chi connectivity index (χ4n) is 3.06. The fourth-order valence-corrected chi connectivity index (χ4v) is 3.06. The van der Waals surface area contributed by atoms with Crippen molar-refractivity contribution >= 4 is 11.9 Å². The molecule has 2 rings (SSSR count). The molecule has 0 aliphatic carbocycles. The van der Waals surface area contributed by atoms with Gasteiger partial charge in [0.15, 0.2) is 5.82 Å². The Bertz CT molecular complexity index is 549. The summed E-state index contributed by atoms with van der Waals surface area (Å²) >= 11 is 0. The van der Waals surface area contributed by atoms with Crippen molar-refractivity contribution in [2.75, 3.05) is 0 Å². The number of urea groups is 1. The largest absolute Gasteiger partial charge is 0.337 e. The Hall–Kier alpha value is -1.92. The van der Waals surface area contributed by atoms with Crippen LogP contribution in [-0.2, 0) is 17.8 Å². The molecule has 1 aliphatic rings. The minimum absolute atomic E-state index is 0.0406. The van der Waals surface area contributed by atoms with E-state index in [4.69, 9.17) is 4.52 Å². The number of nitrogens with one attached hydrogen (secondary N) is 1. The third kappa shape index (κ3) is 3.71.